The van der Waals surface area contributed by atoms with E-state index in [-0.39, 0.29) is 6.10 Å². The molecule has 1 unspecified atom stereocenters. The van der Waals surface area contributed by atoms with Crippen LogP contribution in [0.3, 0.4) is 0 Å². The molecule has 1 aromatic carbocycles. The number of rotatable bonds is 4. The van der Waals surface area contributed by atoms with Gasteiger partial charge in [-0.25, -0.2) is 4.68 Å². The summed E-state index contributed by atoms with van der Waals surface area (Å²) < 4.78 is 12.7. The van der Waals surface area contributed by atoms with E-state index >= 15 is 0 Å². The van der Waals surface area contributed by atoms with Gasteiger partial charge in [0.25, 0.3) is 0 Å². The van der Waals surface area contributed by atoms with Gasteiger partial charge in [0.2, 0.25) is 5.88 Å². The van der Waals surface area contributed by atoms with Crippen LogP contribution in [0, 0.1) is 6.92 Å². The van der Waals surface area contributed by atoms with Crippen molar-refractivity contribution >= 4 is 0 Å². The zero-order valence-electron chi connectivity index (χ0n) is 9.67. The topological polar surface area (TPSA) is 39.6 Å². The number of epoxide rings is 1. The molecule has 0 amide bonds. The lowest BCUT2D eigenvalue weighted by molar-refractivity contribution is 0.249. The largest absolute Gasteiger partial charge is 0.475 e. The molecule has 0 spiro atoms. The van der Waals surface area contributed by atoms with Gasteiger partial charge in [-0.3, -0.25) is 0 Å². The molecule has 0 radical (unpaired) electrons. The zero-order chi connectivity index (χ0) is 11.7. The molecule has 1 atom stereocenters. The van der Waals surface area contributed by atoms with Gasteiger partial charge in [0.05, 0.1) is 18.0 Å². The highest BCUT2D eigenvalue weighted by molar-refractivity contribution is 5.35. The number of hydrogen-bond acceptors (Lipinski definition) is 3. The summed E-state index contributed by atoms with van der Waals surface area (Å²) >= 11 is 0. The van der Waals surface area contributed by atoms with Crippen LogP contribution < -0.4 is 4.74 Å². The summed E-state index contributed by atoms with van der Waals surface area (Å²) in [5.74, 6) is 0.768. The van der Waals surface area contributed by atoms with Crippen molar-refractivity contribution in [2.75, 3.05) is 13.2 Å². The Bertz CT molecular complexity index is 503. The van der Waals surface area contributed by atoms with E-state index in [2.05, 4.69) is 5.10 Å². The second-order valence-electron chi connectivity index (χ2n) is 4.14. The van der Waals surface area contributed by atoms with Crippen molar-refractivity contribution in [1.82, 2.24) is 9.78 Å². The lowest BCUT2D eigenvalue weighted by Crippen LogP contribution is -2.08. The van der Waals surface area contributed by atoms with E-state index in [1.165, 1.54) is 0 Å². The Morgan fingerprint density at radius 2 is 2.18 bits per heavy atom. The van der Waals surface area contributed by atoms with Crippen molar-refractivity contribution in [2.45, 2.75) is 13.0 Å². The summed E-state index contributed by atoms with van der Waals surface area (Å²) in [7, 11) is 0. The molecule has 0 aliphatic carbocycles. The number of ether oxygens (including phenoxy) is 2. The molecule has 1 aliphatic rings. The fourth-order valence-electron chi connectivity index (χ4n) is 1.68. The minimum absolute atomic E-state index is 0.259. The van der Waals surface area contributed by atoms with E-state index in [1.807, 2.05) is 48.0 Å². The fraction of sp³-hybridized carbons (Fsp3) is 0.308. The number of hydrogen-bond donors (Lipinski definition) is 0. The van der Waals surface area contributed by atoms with E-state index in [0.717, 1.165) is 23.9 Å². The number of para-hydroxylation sites is 1. The van der Waals surface area contributed by atoms with Gasteiger partial charge in [0, 0.05) is 6.07 Å². The third-order valence-corrected chi connectivity index (χ3v) is 2.62. The average Bonchev–Trinajstić information content (AvgIpc) is 3.11. The Hall–Kier alpha value is -1.81. The first kappa shape index (κ1) is 10.4. The van der Waals surface area contributed by atoms with Crippen LogP contribution in [-0.2, 0) is 4.74 Å². The van der Waals surface area contributed by atoms with Gasteiger partial charge in [0.15, 0.2) is 0 Å². The Labute approximate surface area is 99.8 Å². The highest BCUT2D eigenvalue weighted by atomic mass is 16.6. The Kier molecular flexibility index (Phi) is 2.57. The lowest BCUT2D eigenvalue weighted by atomic mass is 10.3. The van der Waals surface area contributed by atoms with Gasteiger partial charge in [-0.2, -0.15) is 5.10 Å². The first-order valence-corrected chi connectivity index (χ1v) is 5.69. The molecule has 4 nitrogen and oxygen atoms in total. The Balaban J connectivity index is 1.86. The molecule has 17 heavy (non-hydrogen) atoms. The molecule has 0 bridgehead atoms. The van der Waals surface area contributed by atoms with Crippen molar-refractivity contribution in [3.63, 3.8) is 0 Å². The van der Waals surface area contributed by atoms with Crippen LogP contribution in [0.25, 0.3) is 5.69 Å². The Morgan fingerprint density at radius 1 is 1.41 bits per heavy atom. The molecule has 2 heterocycles. The summed E-state index contributed by atoms with van der Waals surface area (Å²) in [6.45, 7) is 3.36. The second-order valence-corrected chi connectivity index (χ2v) is 4.14. The first-order chi connectivity index (χ1) is 8.33. The number of aryl methyl sites for hydroxylation is 1. The highest BCUT2D eigenvalue weighted by Gasteiger charge is 2.24. The molecule has 0 saturated carbocycles. The second kappa shape index (κ2) is 4.22. The standard InChI is InChI=1S/C13H14N2O2/c1-10-7-13(17-9-12-8-16-12)15(14-10)11-5-3-2-4-6-11/h2-7,12H,8-9H2,1H3. The first-order valence-electron chi connectivity index (χ1n) is 5.69. The van der Waals surface area contributed by atoms with Gasteiger partial charge in [-0.05, 0) is 19.1 Å². The Morgan fingerprint density at radius 3 is 2.88 bits per heavy atom. The number of nitrogens with zero attached hydrogens (tertiary/aromatic N) is 2. The quantitative estimate of drug-likeness (QED) is 0.754. The molecule has 1 aliphatic heterocycles. The summed E-state index contributed by atoms with van der Waals surface area (Å²) in [4.78, 5) is 0. The summed E-state index contributed by atoms with van der Waals surface area (Å²) in [5, 5.41) is 4.43. The van der Waals surface area contributed by atoms with Crippen LogP contribution in [0.4, 0.5) is 0 Å². The van der Waals surface area contributed by atoms with Crippen LogP contribution in [0.15, 0.2) is 36.4 Å². The number of aromatic nitrogens is 2. The minimum atomic E-state index is 0.259. The van der Waals surface area contributed by atoms with E-state index in [1.54, 1.807) is 0 Å². The van der Waals surface area contributed by atoms with Gasteiger partial charge in [-0.1, -0.05) is 18.2 Å². The van der Waals surface area contributed by atoms with Crippen LogP contribution in [0.5, 0.6) is 5.88 Å². The van der Waals surface area contributed by atoms with Crippen LogP contribution in [0.2, 0.25) is 0 Å². The molecule has 1 fully saturated rings. The van der Waals surface area contributed by atoms with Crippen molar-refractivity contribution < 1.29 is 9.47 Å². The summed E-state index contributed by atoms with van der Waals surface area (Å²) in [6, 6.07) is 11.9. The highest BCUT2D eigenvalue weighted by Crippen LogP contribution is 2.20. The van der Waals surface area contributed by atoms with Crippen molar-refractivity contribution in [3.8, 4) is 11.6 Å². The molecule has 1 aromatic heterocycles. The van der Waals surface area contributed by atoms with E-state index < -0.39 is 0 Å². The molecule has 3 rings (SSSR count). The molecule has 1 saturated heterocycles. The number of benzene rings is 1. The van der Waals surface area contributed by atoms with E-state index in [4.69, 9.17) is 9.47 Å². The minimum Gasteiger partial charge on any atom is -0.475 e. The van der Waals surface area contributed by atoms with Gasteiger partial charge in [-0.15, -0.1) is 0 Å². The maximum atomic E-state index is 5.71. The molecule has 88 valence electrons. The molecule has 4 heteroatoms. The summed E-state index contributed by atoms with van der Waals surface area (Å²) in [6.07, 6.45) is 0.259. The van der Waals surface area contributed by atoms with E-state index in [9.17, 15) is 0 Å². The predicted molar refractivity (Wildman–Crippen MR) is 63.5 cm³/mol. The monoisotopic (exact) mass is 230 g/mol. The lowest BCUT2D eigenvalue weighted by Gasteiger charge is -2.07. The SMILES string of the molecule is Cc1cc(OCC2CO2)n(-c2ccccc2)n1. The third-order valence-electron chi connectivity index (χ3n) is 2.62. The average molecular weight is 230 g/mol. The third kappa shape index (κ3) is 2.31. The predicted octanol–water partition coefficient (Wildman–Crippen LogP) is 1.96. The molecule has 0 N–H and O–H groups in total. The van der Waals surface area contributed by atoms with Crippen LogP contribution in [0.1, 0.15) is 5.69 Å². The molecular formula is C13H14N2O2. The van der Waals surface area contributed by atoms with Gasteiger partial charge < -0.3 is 9.47 Å². The zero-order valence-corrected chi connectivity index (χ0v) is 9.67. The van der Waals surface area contributed by atoms with Crippen molar-refractivity contribution in [3.05, 3.63) is 42.1 Å². The van der Waals surface area contributed by atoms with Crippen LogP contribution in [-0.4, -0.2) is 29.1 Å². The van der Waals surface area contributed by atoms with Gasteiger partial charge in [0.1, 0.15) is 12.7 Å². The van der Waals surface area contributed by atoms with Crippen molar-refractivity contribution in [2.24, 2.45) is 0 Å². The fourth-order valence-corrected chi connectivity index (χ4v) is 1.68. The molecular weight excluding hydrogens is 216 g/mol. The maximum absolute atomic E-state index is 5.71. The molecule has 2 aromatic rings. The van der Waals surface area contributed by atoms with E-state index in [0.29, 0.717) is 6.61 Å². The smallest absolute Gasteiger partial charge is 0.216 e. The van der Waals surface area contributed by atoms with Gasteiger partial charge >= 0.3 is 0 Å². The normalized spacial score (nSPS) is 18.1. The van der Waals surface area contributed by atoms with Crippen LogP contribution >= 0.6 is 0 Å². The maximum Gasteiger partial charge on any atom is 0.216 e. The summed E-state index contributed by atoms with van der Waals surface area (Å²) in [5.41, 5.74) is 1.95. The van der Waals surface area contributed by atoms with Crippen molar-refractivity contribution in [1.29, 1.82) is 0 Å².